The first-order valence-corrected chi connectivity index (χ1v) is 7.62. The maximum atomic E-state index is 13.8. The predicted octanol–water partition coefficient (Wildman–Crippen LogP) is 2.63. The van der Waals surface area contributed by atoms with Crippen LogP contribution in [0.3, 0.4) is 0 Å². The minimum absolute atomic E-state index is 0.00542. The van der Waals surface area contributed by atoms with Gasteiger partial charge >= 0.3 is 0 Å². The van der Waals surface area contributed by atoms with E-state index in [1.165, 1.54) is 17.0 Å². The highest BCUT2D eigenvalue weighted by Gasteiger charge is 2.32. The van der Waals surface area contributed by atoms with Crippen LogP contribution < -0.4 is 15.0 Å². The second-order valence-corrected chi connectivity index (χ2v) is 5.69. The Morgan fingerprint density at radius 2 is 2.04 bits per heavy atom. The summed E-state index contributed by atoms with van der Waals surface area (Å²) in [6.07, 6.45) is -0.889. The molecule has 1 heterocycles. The third-order valence-electron chi connectivity index (χ3n) is 3.74. The smallest absolute Gasteiger partial charge is 0.269 e. The maximum Gasteiger partial charge on any atom is 0.269 e. The Morgan fingerprint density at radius 3 is 2.79 bits per heavy atom. The quantitative estimate of drug-likeness (QED) is 0.927. The summed E-state index contributed by atoms with van der Waals surface area (Å²) in [7, 11) is 1.63. The molecule has 124 valence electrons. The van der Waals surface area contributed by atoms with E-state index in [0.29, 0.717) is 11.4 Å². The summed E-state index contributed by atoms with van der Waals surface area (Å²) in [5.41, 5.74) is 0.401. The fraction of sp³-hybridized carbons (Fsp3) is 0.176. The summed E-state index contributed by atoms with van der Waals surface area (Å²) in [5, 5.41) is 2.50. The highest BCUT2D eigenvalue weighted by atomic mass is 35.5. The molecule has 0 spiro atoms. The van der Waals surface area contributed by atoms with E-state index in [1.54, 1.807) is 31.3 Å². The van der Waals surface area contributed by atoms with Crippen LogP contribution in [0.1, 0.15) is 10.4 Å². The van der Waals surface area contributed by atoms with E-state index in [-0.39, 0.29) is 23.0 Å². The zero-order chi connectivity index (χ0) is 17.3. The lowest BCUT2D eigenvalue weighted by Gasteiger charge is -2.31. The second kappa shape index (κ2) is 6.49. The average molecular weight is 349 g/mol. The lowest BCUT2D eigenvalue weighted by molar-refractivity contribution is -0.125. The van der Waals surface area contributed by atoms with Gasteiger partial charge < -0.3 is 15.0 Å². The van der Waals surface area contributed by atoms with E-state index in [4.69, 9.17) is 16.3 Å². The summed E-state index contributed by atoms with van der Waals surface area (Å²) in [6, 6.07) is 11.1. The molecule has 0 radical (unpaired) electrons. The van der Waals surface area contributed by atoms with Crippen LogP contribution >= 0.6 is 11.6 Å². The lowest BCUT2D eigenvalue weighted by Crippen LogP contribution is -2.49. The summed E-state index contributed by atoms with van der Waals surface area (Å²) < 4.78 is 19.4. The van der Waals surface area contributed by atoms with Gasteiger partial charge in [0.25, 0.3) is 11.8 Å². The highest BCUT2D eigenvalue weighted by molar-refractivity contribution is 6.33. The molecule has 1 atom stereocenters. The molecule has 0 bridgehead atoms. The number of fused-ring (bicyclic) bond motifs is 1. The average Bonchev–Trinajstić information content (AvgIpc) is 2.56. The summed E-state index contributed by atoms with van der Waals surface area (Å²) >= 11 is 5.86. The number of rotatable bonds is 3. The van der Waals surface area contributed by atoms with Crippen LogP contribution in [-0.2, 0) is 4.79 Å². The molecule has 1 aliphatic heterocycles. The fourth-order valence-corrected chi connectivity index (χ4v) is 2.74. The molecule has 0 aromatic heterocycles. The molecule has 0 aliphatic carbocycles. The molecule has 2 aromatic carbocycles. The van der Waals surface area contributed by atoms with Gasteiger partial charge in [0.2, 0.25) is 0 Å². The van der Waals surface area contributed by atoms with Crippen molar-refractivity contribution in [1.82, 2.24) is 5.32 Å². The van der Waals surface area contributed by atoms with Crippen molar-refractivity contribution in [3.63, 3.8) is 0 Å². The molecule has 1 aliphatic rings. The number of likely N-dealkylation sites (N-methyl/N-ethyl adjacent to an activating group) is 1. The molecule has 1 N–H and O–H groups in total. The van der Waals surface area contributed by atoms with Crippen molar-refractivity contribution in [3.05, 3.63) is 58.9 Å². The van der Waals surface area contributed by atoms with E-state index >= 15 is 0 Å². The number of benzene rings is 2. The first-order chi connectivity index (χ1) is 11.5. The van der Waals surface area contributed by atoms with Crippen LogP contribution in [0.15, 0.2) is 42.5 Å². The van der Waals surface area contributed by atoms with E-state index in [2.05, 4.69) is 5.32 Å². The minimum Gasteiger partial charge on any atom is -0.477 e. The number of nitrogens with zero attached hydrogens (tertiary/aromatic N) is 1. The van der Waals surface area contributed by atoms with Crippen LogP contribution in [-0.4, -0.2) is 31.5 Å². The first-order valence-electron chi connectivity index (χ1n) is 7.24. The molecule has 2 amide bonds. The van der Waals surface area contributed by atoms with E-state index in [1.807, 2.05) is 0 Å². The Hall–Kier alpha value is -2.60. The summed E-state index contributed by atoms with van der Waals surface area (Å²) in [5.74, 6) is -1.18. The number of para-hydroxylation sites is 2. The van der Waals surface area contributed by atoms with E-state index in [0.717, 1.165) is 6.07 Å². The van der Waals surface area contributed by atoms with Gasteiger partial charge in [-0.3, -0.25) is 9.59 Å². The third kappa shape index (κ3) is 2.92. The molecular formula is C17H14ClFN2O3. The number of carbonyl (C=O) groups is 2. The molecule has 0 saturated carbocycles. The Morgan fingerprint density at radius 1 is 1.29 bits per heavy atom. The van der Waals surface area contributed by atoms with Gasteiger partial charge in [-0.2, -0.15) is 0 Å². The molecule has 24 heavy (non-hydrogen) atoms. The van der Waals surface area contributed by atoms with Crippen molar-refractivity contribution in [1.29, 1.82) is 0 Å². The summed E-state index contributed by atoms with van der Waals surface area (Å²) in [4.78, 5) is 25.9. The van der Waals surface area contributed by atoms with Gasteiger partial charge in [-0.25, -0.2) is 4.39 Å². The molecule has 0 fully saturated rings. The van der Waals surface area contributed by atoms with Crippen molar-refractivity contribution in [2.24, 2.45) is 0 Å². The van der Waals surface area contributed by atoms with E-state index < -0.39 is 17.8 Å². The number of nitrogens with one attached hydrogen (secondary N) is 1. The van der Waals surface area contributed by atoms with Gasteiger partial charge in [-0.1, -0.05) is 29.8 Å². The van der Waals surface area contributed by atoms with Crippen LogP contribution in [0, 0.1) is 5.82 Å². The zero-order valence-corrected chi connectivity index (χ0v) is 13.5. The Labute approximate surface area is 143 Å². The number of amides is 2. The van der Waals surface area contributed by atoms with Gasteiger partial charge in [0.1, 0.15) is 11.6 Å². The monoisotopic (exact) mass is 348 g/mol. The number of carbonyl (C=O) groups excluding carboxylic acids is 2. The van der Waals surface area contributed by atoms with Crippen LogP contribution in [0.4, 0.5) is 10.1 Å². The number of anilines is 1. The molecular weight excluding hydrogens is 335 g/mol. The molecule has 1 unspecified atom stereocenters. The van der Waals surface area contributed by atoms with E-state index in [9.17, 15) is 14.0 Å². The second-order valence-electron chi connectivity index (χ2n) is 5.28. The van der Waals surface area contributed by atoms with Gasteiger partial charge in [0.15, 0.2) is 6.10 Å². The third-order valence-corrected chi connectivity index (χ3v) is 4.05. The number of halogens is 2. The molecule has 3 rings (SSSR count). The number of hydrogen-bond donors (Lipinski definition) is 1. The Balaban J connectivity index is 1.73. The SMILES string of the molecule is CN1C(=O)C(CNC(=O)c2c(F)cccc2Cl)Oc2ccccc21. The molecule has 5 nitrogen and oxygen atoms in total. The fourth-order valence-electron chi connectivity index (χ4n) is 2.49. The minimum atomic E-state index is -0.889. The van der Waals surface area contributed by atoms with Crippen molar-refractivity contribution >= 4 is 29.1 Å². The number of hydrogen-bond acceptors (Lipinski definition) is 3. The van der Waals surface area contributed by atoms with Gasteiger partial charge in [-0.05, 0) is 24.3 Å². The zero-order valence-electron chi connectivity index (χ0n) is 12.8. The van der Waals surface area contributed by atoms with Gasteiger partial charge in [-0.15, -0.1) is 0 Å². The summed E-state index contributed by atoms with van der Waals surface area (Å²) in [6.45, 7) is -0.0962. The van der Waals surface area contributed by atoms with Crippen molar-refractivity contribution in [2.75, 3.05) is 18.5 Å². The molecule has 2 aromatic rings. The topological polar surface area (TPSA) is 58.6 Å². The lowest BCUT2D eigenvalue weighted by atomic mass is 10.1. The molecule has 0 saturated heterocycles. The van der Waals surface area contributed by atoms with Crippen LogP contribution in [0.25, 0.3) is 0 Å². The standard InChI is InChI=1S/C17H14ClFN2O3/c1-21-12-7-2-3-8-13(12)24-14(17(21)23)9-20-16(22)15-10(18)5-4-6-11(15)19/h2-8,14H,9H2,1H3,(H,20,22). The van der Waals surface area contributed by atoms with Gasteiger partial charge in [0.05, 0.1) is 22.8 Å². The van der Waals surface area contributed by atoms with Crippen molar-refractivity contribution in [3.8, 4) is 5.75 Å². The largest absolute Gasteiger partial charge is 0.477 e. The maximum absolute atomic E-state index is 13.8. The van der Waals surface area contributed by atoms with Crippen molar-refractivity contribution < 1.29 is 18.7 Å². The van der Waals surface area contributed by atoms with Crippen molar-refractivity contribution in [2.45, 2.75) is 6.10 Å². The number of ether oxygens (including phenoxy) is 1. The highest BCUT2D eigenvalue weighted by Crippen LogP contribution is 2.32. The van der Waals surface area contributed by atoms with Gasteiger partial charge in [0, 0.05) is 7.05 Å². The predicted molar refractivity (Wildman–Crippen MR) is 88.0 cm³/mol. The van der Waals surface area contributed by atoms with Crippen LogP contribution in [0.5, 0.6) is 5.75 Å². The molecule has 7 heteroatoms. The first kappa shape index (κ1) is 16.3. The Kier molecular flexibility index (Phi) is 4.40. The normalized spacial score (nSPS) is 16.4. The van der Waals surface area contributed by atoms with Crippen LogP contribution in [0.2, 0.25) is 5.02 Å². The Bertz CT molecular complexity index is 792.